The van der Waals surface area contributed by atoms with Gasteiger partial charge in [-0.15, -0.1) is 0 Å². The van der Waals surface area contributed by atoms with Gasteiger partial charge >= 0.3 is 11.9 Å². The van der Waals surface area contributed by atoms with Crippen molar-refractivity contribution in [3.8, 4) is 0 Å². The number of aromatic carboxylic acids is 2. The van der Waals surface area contributed by atoms with Crippen LogP contribution < -0.4 is 0 Å². The van der Waals surface area contributed by atoms with Crippen LogP contribution in [0, 0.1) is 0 Å². The van der Waals surface area contributed by atoms with E-state index >= 15 is 0 Å². The largest absolute Gasteiger partial charge is 0.478 e. The predicted octanol–water partition coefficient (Wildman–Crippen LogP) is 6.67. The molecule has 0 bridgehead atoms. The molecule has 27 heavy (non-hydrogen) atoms. The first-order valence-electron chi connectivity index (χ1n) is 10.6. The van der Waals surface area contributed by atoms with Crippen LogP contribution in [0.25, 0.3) is 0 Å². The Labute approximate surface area is 164 Å². The lowest BCUT2D eigenvalue weighted by Gasteiger charge is -2.19. The van der Waals surface area contributed by atoms with Crippen LogP contribution in [0.15, 0.2) is 12.1 Å². The molecule has 2 N–H and O–H groups in total. The summed E-state index contributed by atoms with van der Waals surface area (Å²) in [5, 5.41) is 19.0. The maximum atomic E-state index is 11.8. The smallest absolute Gasteiger partial charge is 0.336 e. The highest BCUT2D eigenvalue weighted by Gasteiger charge is 2.24. The number of hydrogen-bond donors (Lipinski definition) is 2. The van der Waals surface area contributed by atoms with Crippen LogP contribution in [0.4, 0.5) is 0 Å². The number of carboxylic acids is 2. The van der Waals surface area contributed by atoms with Crippen LogP contribution in [0.3, 0.4) is 0 Å². The van der Waals surface area contributed by atoms with Crippen molar-refractivity contribution in [2.24, 2.45) is 0 Å². The molecule has 1 rings (SSSR count). The summed E-state index contributed by atoms with van der Waals surface area (Å²) >= 11 is 0. The van der Waals surface area contributed by atoms with Gasteiger partial charge in [0.25, 0.3) is 0 Å². The normalized spacial score (nSPS) is 12.1. The second kappa shape index (κ2) is 12.5. The van der Waals surface area contributed by atoms with Gasteiger partial charge in [0, 0.05) is 0 Å². The molecule has 4 heteroatoms. The lowest BCUT2D eigenvalue weighted by atomic mass is 9.85. The summed E-state index contributed by atoms with van der Waals surface area (Å²) in [6.45, 7) is 6.36. The SMILES string of the molecule is CCCCCCCCCCCc1c(C(C)CC)ccc(C(=O)O)c1C(=O)O. The van der Waals surface area contributed by atoms with Crippen LogP contribution >= 0.6 is 0 Å². The van der Waals surface area contributed by atoms with Gasteiger partial charge in [-0.1, -0.05) is 78.2 Å². The van der Waals surface area contributed by atoms with Crippen molar-refractivity contribution in [2.75, 3.05) is 0 Å². The van der Waals surface area contributed by atoms with Crippen molar-refractivity contribution in [1.82, 2.24) is 0 Å². The Kier molecular flexibility index (Phi) is 10.8. The maximum absolute atomic E-state index is 11.8. The van der Waals surface area contributed by atoms with Crippen molar-refractivity contribution >= 4 is 11.9 Å². The van der Waals surface area contributed by atoms with E-state index in [2.05, 4.69) is 20.8 Å². The van der Waals surface area contributed by atoms with Gasteiger partial charge in [-0.2, -0.15) is 0 Å². The topological polar surface area (TPSA) is 74.6 Å². The third-order valence-electron chi connectivity index (χ3n) is 5.47. The summed E-state index contributed by atoms with van der Waals surface area (Å²) in [6.07, 6.45) is 12.4. The van der Waals surface area contributed by atoms with E-state index in [0.717, 1.165) is 36.8 Å². The average molecular weight is 377 g/mol. The molecule has 0 saturated heterocycles. The molecule has 0 spiro atoms. The molecule has 1 unspecified atom stereocenters. The lowest BCUT2D eigenvalue weighted by Crippen LogP contribution is -2.15. The minimum atomic E-state index is -1.17. The predicted molar refractivity (Wildman–Crippen MR) is 110 cm³/mol. The number of benzene rings is 1. The van der Waals surface area contributed by atoms with Gasteiger partial charge in [0.15, 0.2) is 0 Å². The zero-order valence-electron chi connectivity index (χ0n) is 17.2. The third-order valence-corrected chi connectivity index (χ3v) is 5.47. The molecule has 0 amide bonds. The summed E-state index contributed by atoms with van der Waals surface area (Å²) in [4.78, 5) is 23.3. The zero-order valence-corrected chi connectivity index (χ0v) is 17.2. The molecule has 0 fully saturated rings. The fraction of sp³-hybridized carbons (Fsp3) is 0.652. The summed E-state index contributed by atoms with van der Waals surface area (Å²) in [7, 11) is 0. The maximum Gasteiger partial charge on any atom is 0.336 e. The molecule has 0 heterocycles. The zero-order chi connectivity index (χ0) is 20.2. The first kappa shape index (κ1) is 23.2. The summed E-state index contributed by atoms with van der Waals surface area (Å²) in [5.41, 5.74) is 1.60. The molecule has 0 radical (unpaired) electrons. The number of hydrogen-bond acceptors (Lipinski definition) is 2. The standard InChI is InChI=1S/C23H36O4/c1-4-6-7-8-9-10-11-12-13-14-19-18(17(3)5-2)15-16-20(22(24)25)21(19)23(26)27/h15-17H,4-14H2,1-3H3,(H,24,25)(H,26,27). The third kappa shape index (κ3) is 7.36. The minimum absolute atomic E-state index is 0.0140. The number of carboxylic acid groups (broad SMARTS) is 2. The Morgan fingerprint density at radius 2 is 1.41 bits per heavy atom. The van der Waals surface area contributed by atoms with E-state index in [4.69, 9.17) is 0 Å². The highest BCUT2D eigenvalue weighted by Crippen LogP contribution is 2.29. The van der Waals surface area contributed by atoms with Gasteiger partial charge in [0.05, 0.1) is 11.1 Å². The molecule has 1 aromatic rings. The van der Waals surface area contributed by atoms with Crippen molar-refractivity contribution in [3.05, 3.63) is 34.4 Å². The van der Waals surface area contributed by atoms with E-state index in [-0.39, 0.29) is 17.0 Å². The molecule has 0 aliphatic carbocycles. The van der Waals surface area contributed by atoms with E-state index in [9.17, 15) is 19.8 Å². The van der Waals surface area contributed by atoms with Gasteiger partial charge in [-0.25, -0.2) is 9.59 Å². The van der Waals surface area contributed by atoms with E-state index < -0.39 is 11.9 Å². The molecule has 152 valence electrons. The van der Waals surface area contributed by atoms with Crippen molar-refractivity contribution in [3.63, 3.8) is 0 Å². The van der Waals surface area contributed by atoms with Crippen molar-refractivity contribution in [2.45, 2.75) is 97.3 Å². The fourth-order valence-electron chi connectivity index (χ4n) is 3.65. The van der Waals surface area contributed by atoms with Crippen LogP contribution in [-0.2, 0) is 6.42 Å². The summed E-state index contributed by atoms with van der Waals surface area (Å²) in [6, 6.07) is 3.26. The quantitative estimate of drug-likeness (QED) is 0.356. The van der Waals surface area contributed by atoms with Gasteiger partial charge in [0.1, 0.15) is 0 Å². The molecule has 1 aromatic carbocycles. The fourth-order valence-corrected chi connectivity index (χ4v) is 3.65. The lowest BCUT2D eigenvalue weighted by molar-refractivity contribution is 0.0650. The van der Waals surface area contributed by atoms with Crippen molar-refractivity contribution in [1.29, 1.82) is 0 Å². The summed E-state index contributed by atoms with van der Waals surface area (Å²) < 4.78 is 0. The average Bonchev–Trinajstić information content (AvgIpc) is 2.65. The van der Waals surface area contributed by atoms with Gasteiger partial charge in [-0.3, -0.25) is 0 Å². The van der Waals surface area contributed by atoms with Gasteiger partial charge in [-0.05, 0) is 42.4 Å². The Hall–Kier alpha value is -1.84. The molecular formula is C23H36O4. The van der Waals surface area contributed by atoms with Crippen LogP contribution in [0.5, 0.6) is 0 Å². The van der Waals surface area contributed by atoms with E-state index in [1.807, 2.05) is 6.07 Å². The van der Waals surface area contributed by atoms with E-state index in [0.29, 0.717) is 6.42 Å². The molecule has 0 aromatic heterocycles. The Morgan fingerprint density at radius 1 is 0.852 bits per heavy atom. The second-order valence-electron chi connectivity index (χ2n) is 7.55. The highest BCUT2D eigenvalue weighted by atomic mass is 16.4. The second-order valence-corrected chi connectivity index (χ2v) is 7.55. The Bertz CT molecular complexity index is 607. The number of unbranched alkanes of at least 4 members (excludes halogenated alkanes) is 8. The minimum Gasteiger partial charge on any atom is -0.478 e. The Balaban J connectivity index is 2.77. The van der Waals surface area contributed by atoms with E-state index in [1.54, 1.807) is 0 Å². The van der Waals surface area contributed by atoms with E-state index in [1.165, 1.54) is 44.6 Å². The first-order valence-corrected chi connectivity index (χ1v) is 10.6. The molecule has 4 nitrogen and oxygen atoms in total. The van der Waals surface area contributed by atoms with Crippen LogP contribution in [0.1, 0.15) is 123 Å². The summed E-state index contributed by atoms with van der Waals surface area (Å²) in [5.74, 6) is -2.08. The van der Waals surface area contributed by atoms with Crippen LogP contribution in [0.2, 0.25) is 0 Å². The molecule has 0 aliphatic heterocycles. The molecule has 0 aliphatic rings. The van der Waals surface area contributed by atoms with Gasteiger partial charge in [0.2, 0.25) is 0 Å². The number of carbonyl (C=O) groups is 2. The molecule has 1 atom stereocenters. The van der Waals surface area contributed by atoms with Crippen LogP contribution in [-0.4, -0.2) is 22.2 Å². The highest BCUT2D eigenvalue weighted by molar-refractivity contribution is 6.03. The monoisotopic (exact) mass is 376 g/mol. The molecular weight excluding hydrogens is 340 g/mol. The Morgan fingerprint density at radius 3 is 1.89 bits per heavy atom. The number of rotatable bonds is 14. The van der Waals surface area contributed by atoms with Crippen molar-refractivity contribution < 1.29 is 19.8 Å². The first-order chi connectivity index (χ1) is 12.9. The van der Waals surface area contributed by atoms with Gasteiger partial charge < -0.3 is 10.2 Å². The molecule has 0 saturated carbocycles.